The van der Waals surface area contributed by atoms with E-state index >= 15 is 0 Å². The lowest BCUT2D eigenvalue weighted by atomic mass is 10.2. The van der Waals surface area contributed by atoms with Crippen molar-refractivity contribution < 1.29 is 22.7 Å². The fourth-order valence-corrected chi connectivity index (χ4v) is 3.45. The van der Waals surface area contributed by atoms with Crippen LogP contribution in [0.4, 0.5) is 10.5 Å². The van der Waals surface area contributed by atoms with Gasteiger partial charge in [-0.3, -0.25) is 4.31 Å². The molecule has 30 heavy (non-hydrogen) atoms. The predicted molar refractivity (Wildman–Crippen MR) is 118 cm³/mol. The topological polar surface area (TPSA) is 77.8 Å². The number of hydrogen-bond donors (Lipinski definition) is 0. The third-order valence-electron chi connectivity index (χ3n) is 4.45. The second-order valence-corrected chi connectivity index (χ2v) is 10.0. The number of anilines is 1. The molecule has 1 heterocycles. The Kier molecular flexibility index (Phi) is 5.81. The smallest absolute Gasteiger partial charge is 0.419 e. The average Bonchev–Trinajstić information content (AvgIpc) is 3.02. The number of nitrogens with zero attached hydrogens (tertiary/aromatic N) is 2. The molecule has 7 nitrogen and oxygen atoms in total. The molecule has 0 bridgehead atoms. The van der Waals surface area contributed by atoms with Crippen LogP contribution in [0, 0.1) is 0 Å². The van der Waals surface area contributed by atoms with Crippen molar-refractivity contribution in [3.63, 3.8) is 0 Å². The second kappa shape index (κ2) is 8.02. The lowest BCUT2D eigenvalue weighted by Gasteiger charge is -2.21. The SMILES string of the molecule is CN(c1ccc(OCc2cc3ccccc3n2C(=O)OC(C)(C)C)cc1)S(C)(=O)=O. The molecule has 0 saturated carbocycles. The van der Waals surface area contributed by atoms with E-state index in [1.165, 1.54) is 15.9 Å². The molecule has 1 aromatic heterocycles. The zero-order valence-corrected chi connectivity index (χ0v) is 18.6. The minimum Gasteiger partial charge on any atom is -0.487 e. The van der Waals surface area contributed by atoms with Gasteiger partial charge in [0.25, 0.3) is 0 Å². The van der Waals surface area contributed by atoms with E-state index in [9.17, 15) is 13.2 Å². The van der Waals surface area contributed by atoms with Gasteiger partial charge in [0, 0.05) is 12.4 Å². The van der Waals surface area contributed by atoms with Gasteiger partial charge in [-0.15, -0.1) is 0 Å². The number of ether oxygens (including phenoxy) is 2. The highest BCUT2D eigenvalue weighted by Crippen LogP contribution is 2.25. The molecule has 0 aliphatic rings. The van der Waals surface area contributed by atoms with Crippen molar-refractivity contribution in [2.24, 2.45) is 0 Å². The van der Waals surface area contributed by atoms with Gasteiger partial charge >= 0.3 is 6.09 Å². The number of aromatic nitrogens is 1. The van der Waals surface area contributed by atoms with Gasteiger partial charge in [-0.1, -0.05) is 18.2 Å². The highest BCUT2D eigenvalue weighted by molar-refractivity contribution is 7.92. The molecule has 8 heteroatoms. The summed E-state index contributed by atoms with van der Waals surface area (Å²) < 4.78 is 37.5. The molecule has 0 N–H and O–H groups in total. The lowest BCUT2D eigenvalue weighted by molar-refractivity contribution is 0.0535. The Hall–Kier alpha value is -3.00. The molecule has 0 aliphatic carbocycles. The maximum atomic E-state index is 12.8. The quantitative estimate of drug-likeness (QED) is 0.600. The van der Waals surface area contributed by atoms with E-state index in [0.29, 0.717) is 17.1 Å². The number of para-hydroxylation sites is 1. The second-order valence-electron chi connectivity index (χ2n) is 8.02. The van der Waals surface area contributed by atoms with Gasteiger partial charge in [0.05, 0.1) is 23.2 Å². The van der Waals surface area contributed by atoms with E-state index in [1.54, 1.807) is 24.3 Å². The standard InChI is InChI=1S/C22H26N2O5S/c1-22(2,3)29-21(25)24-18(14-16-8-6-7-9-20(16)24)15-28-19-12-10-17(11-13-19)23(4)30(5,26)27/h6-14H,15H2,1-5H3. The van der Waals surface area contributed by atoms with Crippen molar-refractivity contribution in [3.8, 4) is 5.75 Å². The zero-order valence-electron chi connectivity index (χ0n) is 17.7. The molecule has 3 rings (SSSR count). The highest BCUT2D eigenvalue weighted by Gasteiger charge is 2.22. The van der Waals surface area contributed by atoms with E-state index in [-0.39, 0.29) is 6.61 Å². The monoisotopic (exact) mass is 430 g/mol. The minimum absolute atomic E-state index is 0.148. The van der Waals surface area contributed by atoms with Crippen molar-refractivity contribution in [1.29, 1.82) is 0 Å². The summed E-state index contributed by atoms with van der Waals surface area (Å²) in [6.45, 7) is 5.61. The van der Waals surface area contributed by atoms with Crippen LogP contribution in [0.2, 0.25) is 0 Å². The molecule has 0 radical (unpaired) electrons. The number of benzene rings is 2. The summed E-state index contributed by atoms with van der Waals surface area (Å²) in [6, 6.07) is 16.2. The summed E-state index contributed by atoms with van der Waals surface area (Å²) in [5.74, 6) is 0.557. The fraction of sp³-hybridized carbons (Fsp3) is 0.318. The first-order chi connectivity index (χ1) is 14.0. The van der Waals surface area contributed by atoms with Crippen LogP contribution in [0.1, 0.15) is 26.5 Å². The largest absolute Gasteiger partial charge is 0.487 e. The summed E-state index contributed by atoms with van der Waals surface area (Å²) in [4.78, 5) is 12.8. The van der Waals surface area contributed by atoms with E-state index in [4.69, 9.17) is 9.47 Å². The fourth-order valence-electron chi connectivity index (χ4n) is 2.94. The summed E-state index contributed by atoms with van der Waals surface area (Å²) in [6.07, 6.45) is 0.680. The van der Waals surface area contributed by atoms with Gasteiger partial charge in [0.1, 0.15) is 18.0 Å². The summed E-state index contributed by atoms with van der Waals surface area (Å²) in [7, 11) is -1.84. The number of fused-ring (bicyclic) bond motifs is 1. The van der Waals surface area contributed by atoms with Crippen LogP contribution in [0.3, 0.4) is 0 Å². The molecule has 3 aromatic rings. The van der Waals surface area contributed by atoms with Crippen LogP contribution >= 0.6 is 0 Å². The Balaban J connectivity index is 1.84. The van der Waals surface area contributed by atoms with Crippen LogP contribution in [-0.2, 0) is 21.4 Å². The van der Waals surface area contributed by atoms with Crippen molar-refractivity contribution in [1.82, 2.24) is 4.57 Å². The molecule has 0 atom stereocenters. The number of carbonyl (C=O) groups is 1. The van der Waals surface area contributed by atoms with E-state index in [0.717, 1.165) is 17.2 Å². The van der Waals surface area contributed by atoms with Crippen molar-refractivity contribution >= 4 is 32.7 Å². The molecule has 0 fully saturated rings. The van der Waals surface area contributed by atoms with E-state index in [1.807, 2.05) is 51.1 Å². The molecule has 0 amide bonds. The van der Waals surface area contributed by atoms with Crippen LogP contribution in [0.15, 0.2) is 54.6 Å². The molecular weight excluding hydrogens is 404 g/mol. The first-order valence-electron chi connectivity index (χ1n) is 9.45. The predicted octanol–water partition coefficient (Wildman–Crippen LogP) is 4.40. The Morgan fingerprint density at radius 1 is 1.07 bits per heavy atom. The van der Waals surface area contributed by atoms with Crippen LogP contribution in [0.25, 0.3) is 10.9 Å². The van der Waals surface area contributed by atoms with Crippen LogP contribution in [0.5, 0.6) is 5.75 Å². The Labute approximate surface area is 176 Å². The lowest BCUT2D eigenvalue weighted by Crippen LogP contribution is -2.28. The molecule has 0 saturated heterocycles. The van der Waals surface area contributed by atoms with Crippen molar-refractivity contribution in [2.45, 2.75) is 33.0 Å². The van der Waals surface area contributed by atoms with Gasteiger partial charge < -0.3 is 9.47 Å². The zero-order chi connectivity index (χ0) is 22.1. The maximum Gasteiger partial charge on any atom is 0.419 e. The number of sulfonamides is 1. The first-order valence-corrected chi connectivity index (χ1v) is 11.3. The molecular formula is C22H26N2O5S. The van der Waals surface area contributed by atoms with Crippen molar-refractivity contribution in [2.75, 3.05) is 17.6 Å². The van der Waals surface area contributed by atoms with Gasteiger partial charge in [-0.2, -0.15) is 0 Å². The van der Waals surface area contributed by atoms with Crippen LogP contribution < -0.4 is 9.04 Å². The number of rotatable bonds is 5. The van der Waals surface area contributed by atoms with Gasteiger partial charge in [-0.25, -0.2) is 17.8 Å². The van der Waals surface area contributed by atoms with E-state index < -0.39 is 21.7 Å². The highest BCUT2D eigenvalue weighted by atomic mass is 32.2. The summed E-state index contributed by atoms with van der Waals surface area (Å²) >= 11 is 0. The third-order valence-corrected chi connectivity index (χ3v) is 5.65. The molecule has 0 unspecified atom stereocenters. The molecule has 0 aliphatic heterocycles. The van der Waals surface area contributed by atoms with Gasteiger partial charge in [-0.05, 0) is 57.2 Å². The Morgan fingerprint density at radius 2 is 1.70 bits per heavy atom. The third kappa shape index (κ3) is 4.94. The molecule has 2 aromatic carbocycles. The number of hydrogen-bond acceptors (Lipinski definition) is 5. The van der Waals surface area contributed by atoms with Crippen molar-refractivity contribution in [3.05, 3.63) is 60.3 Å². The Morgan fingerprint density at radius 3 is 2.30 bits per heavy atom. The Bertz CT molecular complexity index is 1160. The average molecular weight is 431 g/mol. The van der Waals surface area contributed by atoms with E-state index in [2.05, 4.69) is 0 Å². The molecule has 0 spiro atoms. The normalized spacial score (nSPS) is 12.0. The van der Waals surface area contributed by atoms with Crippen LogP contribution in [-0.4, -0.2) is 38.0 Å². The minimum atomic E-state index is -3.33. The van der Waals surface area contributed by atoms with Gasteiger partial charge in [0.15, 0.2) is 0 Å². The first kappa shape index (κ1) is 21.7. The molecule has 160 valence electrons. The number of carbonyl (C=O) groups excluding carboxylic acids is 1. The van der Waals surface area contributed by atoms with Gasteiger partial charge in [0.2, 0.25) is 10.0 Å². The summed E-state index contributed by atoms with van der Waals surface area (Å²) in [5.41, 5.74) is 1.31. The summed E-state index contributed by atoms with van der Waals surface area (Å²) in [5, 5.41) is 0.909. The maximum absolute atomic E-state index is 12.8.